The molecule has 0 saturated heterocycles. The molecule has 1 N–H and O–H groups in total. The van der Waals surface area contributed by atoms with E-state index in [0.717, 1.165) is 22.5 Å². The van der Waals surface area contributed by atoms with Crippen LogP contribution in [0.2, 0.25) is 0 Å². The van der Waals surface area contributed by atoms with Gasteiger partial charge in [0.2, 0.25) is 5.91 Å². The fourth-order valence-electron chi connectivity index (χ4n) is 2.61. The molecule has 1 aliphatic carbocycles. The monoisotopic (exact) mass is 328 g/mol. The maximum Gasteiger partial charge on any atom is 0.263 e. The number of nitrogens with zero attached hydrogens (tertiary/aromatic N) is 1. The summed E-state index contributed by atoms with van der Waals surface area (Å²) in [7, 11) is 1.78. The predicted molar refractivity (Wildman–Crippen MR) is 92.5 cm³/mol. The summed E-state index contributed by atoms with van der Waals surface area (Å²) in [5.74, 6) is 0.688. The lowest BCUT2D eigenvalue weighted by atomic mass is 10.1. The number of rotatable bonds is 5. The van der Waals surface area contributed by atoms with Crippen LogP contribution in [0.25, 0.3) is 0 Å². The molecular weight excluding hydrogens is 308 g/mol. The number of para-hydroxylation sites is 1. The highest BCUT2D eigenvalue weighted by molar-refractivity contribution is 7.12. The molecule has 1 aromatic heterocycles. The van der Waals surface area contributed by atoms with Crippen LogP contribution in [-0.4, -0.2) is 23.8 Å². The standard InChI is InChI=1S/C18H20N2O2S/c1-12-10-14(12)17(21)19-15-7-4-3-6-13(15)11-20(2)18(22)16-8-5-9-23-16/h3-9,12,14H,10-11H2,1-2H3,(H,19,21)/t12-,14-/m0/s1. The zero-order valence-corrected chi connectivity index (χ0v) is 14.1. The van der Waals surface area contributed by atoms with Crippen LogP contribution in [0.3, 0.4) is 0 Å². The van der Waals surface area contributed by atoms with Crippen LogP contribution in [0.5, 0.6) is 0 Å². The van der Waals surface area contributed by atoms with E-state index in [2.05, 4.69) is 12.2 Å². The van der Waals surface area contributed by atoms with Crippen LogP contribution in [0.1, 0.15) is 28.6 Å². The average Bonchev–Trinajstić information content (AvgIpc) is 3.04. The van der Waals surface area contributed by atoms with Gasteiger partial charge in [-0.15, -0.1) is 11.3 Å². The van der Waals surface area contributed by atoms with Crippen molar-refractivity contribution in [3.8, 4) is 0 Å². The molecule has 2 atom stereocenters. The Morgan fingerprint density at radius 3 is 2.65 bits per heavy atom. The smallest absolute Gasteiger partial charge is 0.263 e. The summed E-state index contributed by atoms with van der Waals surface area (Å²) in [6.45, 7) is 2.55. The molecule has 0 unspecified atom stereocenters. The van der Waals surface area contributed by atoms with Crippen molar-refractivity contribution < 1.29 is 9.59 Å². The highest BCUT2D eigenvalue weighted by Gasteiger charge is 2.39. The van der Waals surface area contributed by atoms with Gasteiger partial charge < -0.3 is 10.2 Å². The molecule has 5 heteroatoms. The third-order valence-corrected chi connectivity index (χ3v) is 5.07. The molecule has 0 radical (unpaired) electrons. The van der Waals surface area contributed by atoms with Gasteiger partial charge in [0.15, 0.2) is 0 Å². The molecule has 2 aromatic rings. The van der Waals surface area contributed by atoms with Crippen molar-refractivity contribution in [3.05, 3.63) is 52.2 Å². The second-order valence-corrected chi connectivity index (χ2v) is 7.05. The summed E-state index contributed by atoms with van der Waals surface area (Å²) >= 11 is 1.44. The highest BCUT2D eigenvalue weighted by atomic mass is 32.1. The number of amides is 2. The number of nitrogens with one attached hydrogen (secondary N) is 1. The van der Waals surface area contributed by atoms with Crippen molar-refractivity contribution in [2.45, 2.75) is 19.9 Å². The zero-order valence-electron chi connectivity index (χ0n) is 13.3. The highest BCUT2D eigenvalue weighted by Crippen LogP contribution is 2.38. The van der Waals surface area contributed by atoms with E-state index in [1.165, 1.54) is 11.3 Å². The summed E-state index contributed by atoms with van der Waals surface area (Å²) < 4.78 is 0. The first kappa shape index (κ1) is 15.7. The van der Waals surface area contributed by atoms with E-state index in [4.69, 9.17) is 0 Å². The predicted octanol–water partition coefficient (Wildman–Crippen LogP) is 3.61. The lowest BCUT2D eigenvalue weighted by molar-refractivity contribution is -0.117. The molecule has 1 aliphatic rings. The van der Waals surface area contributed by atoms with E-state index < -0.39 is 0 Å². The number of thiophene rings is 1. The minimum atomic E-state index is -0.00283. The SMILES string of the molecule is C[C@H]1C[C@@H]1C(=O)Nc1ccccc1CN(C)C(=O)c1cccs1. The second kappa shape index (κ2) is 6.54. The van der Waals surface area contributed by atoms with Crippen LogP contribution < -0.4 is 5.32 Å². The first-order valence-electron chi connectivity index (χ1n) is 7.74. The normalized spacial score (nSPS) is 19.2. The van der Waals surface area contributed by atoms with E-state index in [1.807, 2.05) is 41.8 Å². The largest absolute Gasteiger partial charge is 0.337 e. The number of carbonyl (C=O) groups excluding carboxylic acids is 2. The third-order valence-electron chi connectivity index (χ3n) is 4.21. The van der Waals surface area contributed by atoms with Gasteiger partial charge in [0, 0.05) is 25.2 Å². The van der Waals surface area contributed by atoms with Crippen LogP contribution in [-0.2, 0) is 11.3 Å². The molecule has 1 aromatic carbocycles. The fraction of sp³-hybridized carbons (Fsp3) is 0.333. The number of anilines is 1. The fourth-order valence-corrected chi connectivity index (χ4v) is 3.33. The molecule has 1 fully saturated rings. The first-order valence-corrected chi connectivity index (χ1v) is 8.62. The van der Waals surface area contributed by atoms with Gasteiger partial charge in [0.05, 0.1) is 4.88 Å². The molecule has 1 heterocycles. The zero-order chi connectivity index (χ0) is 16.4. The summed E-state index contributed by atoms with van der Waals surface area (Å²) in [4.78, 5) is 26.9. The van der Waals surface area contributed by atoms with Gasteiger partial charge in [-0.2, -0.15) is 0 Å². The molecule has 0 aliphatic heterocycles. The Bertz CT molecular complexity index is 712. The minimum Gasteiger partial charge on any atom is -0.337 e. The Kier molecular flexibility index (Phi) is 4.48. The number of carbonyl (C=O) groups is 2. The van der Waals surface area contributed by atoms with Gasteiger partial charge in [-0.3, -0.25) is 9.59 Å². The minimum absolute atomic E-state index is 0.00283. The number of hydrogen-bond acceptors (Lipinski definition) is 3. The summed E-state index contributed by atoms with van der Waals surface area (Å²) in [6, 6.07) is 11.4. The second-order valence-electron chi connectivity index (χ2n) is 6.10. The van der Waals surface area contributed by atoms with Gasteiger partial charge in [-0.1, -0.05) is 31.2 Å². The third kappa shape index (κ3) is 3.62. The van der Waals surface area contributed by atoms with Crippen molar-refractivity contribution in [1.82, 2.24) is 4.90 Å². The lowest BCUT2D eigenvalue weighted by Gasteiger charge is -2.19. The molecular formula is C18H20N2O2S. The Labute approximate surface area is 140 Å². The maximum atomic E-state index is 12.4. The number of hydrogen-bond donors (Lipinski definition) is 1. The van der Waals surface area contributed by atoms with Gasteiger partial charge in [-0.05, 0) is 35.4 Å². The molecule has 3 rings (SSSR count). The topological polar surface area (TPSA) is 49.4 Å². The Balaban J connectivity index is 1.70. The van der Waals surface area contributed by atoms with E-state index in [0.29, 0.717) is 12.5 Å². The molecule has 2 amide bonds. The van der Waals surface area contributed by atoms with Crippen LogP contribution in [0, 0.1) is 11.8 Å². The summed E-state index contributed by atoms with van der Waals surface area (Å²) in [5.41, 5.74) is 1.74. The van der Waals surface area contributed by atoms with Crippen LogP contribution >= 0.6 is 11.3 Å². The molecule has 0 bridgehead atoms. The van der Waals surface area contributed by atoms with Gasteiger partial charge >= 0.3 is 0 Å². The average molecular weight is 328 g/mol. The van der Waals surface area contributed by atoms with Crippen molar-refractivity contribution in [1.29, 1.82) is 0 Å². The number of benzene rings is 1. The maximum absolute atomic E-state index is 12.4. The van der Waals surface area contributed by atoms with Gasteiger partial charge in [0.25, 0.3) is 5.91 Å². The Morgan fingerprint density at radius 2 is 2.00 bits per heavy atom. The van der Waals surface area contributed by atoms with Crippen molar-refractivity contribution >= 4 is 28.8 Å². The van der Waals surface area contributed by atoms with Crippen molar-refractivity contribution in [2.75, 3.05) is 12.4 Å². The van der Waals surface area contributed by atoms with Crippen LogP contribution in [0.15, 0.2) is 41.8 Å². The van der Waals surface area contributed by atoms with E-state index in [9.17, 15) is 9.59 Å². The molecule has 23 heavy (non-hydrogen) atoms. The van der Waals surface area contributed by atoms with Gasteiger partial charge in [-0.25, -0.2) is 0 Å². The van der Waals surface area contributed by atoms with E-state index in [1.54, 1.807) is 11.9 Å². The molecule has 1 saturated carbocycles. The lowest BCUT2D eigenvalue weighted by Crippen LogP contribution is -2.26. The Morgan fingerprint density at radius 1 is 1.26 bits per heavy atom. The molecule has 0 spiro atoms. The van der Waals surface area contributed by atoms with Crippen LogP contribution in [0.4, 0.5) is 5.69 Å². The van der Waals surface area contributed by atoms with Crippen molar-refractivity contribution in [2.24, 2.45) is 11.8 Å². The first-order chi connectivity index (χ1) is 11.1. The quantitative estimate of drug-likeness (QED) is 0.911. The van der Waals surface area contributed by atoms with E-state index in [-0.39, 0.29) is 17.7 Å². The van der Waals surface area contributed by atoms with E-state index >= 15 is 0 Å². The van der Waals surface area contributed by atoms with Gasteiger partial charge in [0.1, 0.15) is 0 Å². The summed E-state index contributed by atoms with van der Waals surface area (Å²) in [6.07, 6.45) is 0.963. The Hall–Kier alpha value is -2.14. The van der Waals surface area contributed by atoms with Crippen molar-refractivity contribution in [3.63, 3.8) is 0 Å². The molecule has 4 nitrogen and oxygen atoms in total. The molecule has 120 valence electrons. The summed E-state index contributed by atoms with van der Waals surface area (Å²) in [5, 5.41) is 4.90.